The van der Waals surface area contributed by atoms with Crippen LogP contribution < -0.4 is 4.74 Å². The van der Waals surface area contributed by atoms with Gasteiger partial charge in [0.05, 0.1) is 24.5 Å². The van der Waals surface area contributed by atoms with Crippen molar-refractivity contribution in [2.45, 2.75) is 0 Å². The molecule has 0 aliphatic rings. The van der Waals surface area contributed by atoms with Gasteiger partial charge in [-0.15, -0.1) is 0 Å². The van der Waals surface area contributed by atoms with E-state index in [-0.39, 0.29) is 0 Å². The zero-order chi connectivity index (χ0) is 18.2. The molecule has 3 nitrogen and oxygen atoms in total. The number of ether oxygens (including phenoxy) is 1. The molecular weight excluding hydrogens is 332 g/mol. The summed E-state index contributed by atoms with van der Waals surface area (Å²) in [5.74, 6) is 0.848. The van der Waals surface area contributed by atoms with Crippen LogP contribution in [0.5, 0.6) is 5.75 Å². The summed E-state index contributed by atoms with van der Waals surface area (Å²) in [7, 11) is 1.68. The van der Waals surface area contributed by atoms with E-state index in [1.165, 1.54) is 16.3 Å². The summed E-state index contributed by atoms with van der Waals surface area (Å²) in [6, 6.07) is 29.2. The molecule has 0 saturated heterocycles. The van der Waals surface area contributed by atoms with Gasteiger partial charge in [-0.05, 0) is 41.3 Å². The highest BCUT2D eigenvalue weighted by Crippen LogP contribution is 2.34. The molecule has 27 heavy (non-hydrogen) atoms. The third kappa shape index (κ3) is 2.56. The molecule has 0 aliphatic carbocycles. The van der Waals surface area contributed by atoms with Crippen molar-refractivity contribution in [3.63, 3.8) is 0 Å². The van der Waals surface area contributed by atoms with Crippen molar-refractivity contribution >= 4 is 16.3 Å². The van der Waals surface area contributed by atoms with Gasteiger partial charge in [-0.25, -0.2) is 4.52 Å². The molecule has 0 saturated carbocycles. The van der Waals surface area contributed by atoms with Crippen LogP contribution in [0.15, 0.2) is 91.1 Å². The third-order valence-electron chi connectivity index (χ3n) is 4.98. The first-order valence-corrected chi connectivity index (χ1v) is 8.94. The van der Waals surface area contributed by atoms with Gasteiger partial charge < -0.3 is 4.74 Å². The number of methoxy groups -OCH3 is 1. The molecule has 0 amide bonds. The van der Waals surface area contributed by atoms with Gasteiger partial charge in [-0.1, -0.05) is 54.6 Å². The Morgan fingerprint density at radius 1 is 0.778 bits per heavy atom. The van der Waals surface area contributed by atoms with E-state index in [0.29, 0.717) is 0 Å². The van der Waals surface area contributed by atoms with Crippen molar-refractivity contribution in [2.24, 2.45) is 0 Å². The number of rotatable bonds is 3. The molecule has 5 aromatic rings. The van der Waals surface area contributed by atoms with Gasteiger partial charge in [0.2, 0.25) is 0 Å². The highest BCUT2D eigenvalue weighted by Gasteiger charge is 2.14. The van der Waals surface area contributed by atoms with Crippen molar-refractivity contribution in [3.8, 4) is 28.1 Å². The van der Waals surface area contributed by atoms with Crippen molar-refractivity contribution in [2.75, 3.05) is 7.11 Å². The number of aromatic nitrogens is 2. The fourth-order valence-electron chi connectivity index (χ4n) is 3.63. The Hall–Kier alpha value is -3.59. The van der Waals surface area contributed by atoms with Gasteiger partial charge in [0, 0.05) is 16.5 Å². The highest BCUT2D eigenvalue weighted by molar-refractivity contribution is 6.04. The van der Waals surface area contributed by atoms with Crippen LogP contribution in [0, 0.1) is 0 Å². The van der Waals surface area contributed by atoms with Crippen LogP contribution in [0.2, 0.25) is 0 Å². The molecule has 3 heteroatoms. The predicted molar refractivity (Wildman–Crippen MR) is 110 cm³/mol. The second kappa shape index (κ2) is 6.29. The summed E-state index contributed by atoms with van der Waals surface area (Å²) < 4.78 is 7.35. The average molecular weight is 350 g/mol. The van der Waals surface area contributed by atoms with Crippen molar-refractivity contribution < 1.29 is 4.74 Å². The maximum Gasteiger partial charge on any atom is 0.118 e. The Morgan fingerprint density at radius 3 is 2.30 bits per heavy atom. The summed E-state index contributed by atoms with van der Waals surface area (Å²) in [6.07, 6.45) is 1.96. The van der Waals surface area contributed by atoms with Crippen LogP contribution in [0.1, 0.15) is 0 Å². The molecule has 2 aromatic heterocycles. The molecule has 0 radical (unpaired) electrons. The van der Waals surface area contributed by atoms with Crippen LogP contribution >= 0.6 is 0 Å². The Balaban J connectivity index is 1.85. The van der Waals surface area contributed by atoms with Crippen LogP contribution in [-0.4, -0.2) is 16.7 Å². The molecule has 0 bridgehead atoms. The first-order valence-electron chi connectivity index (χ1n) is 8.94. The van der Waals surface area contributed by atoms with Gasteiger partial charge in [0.25, 0.3) is 0 Å². The maximum atomic E-state index is 5.30. The summed E-state index contributed by atoms with van der Waals surface area (Å²) in [4.78, 5) is 0. The lowest BCUT2D eigenvalue weighted by Gasteiger charge is -2.11. The van der Waals surface area contributed by atoms with E-state index < -0.39 is 0 Å². The molecule has 0 fully saturated rings. The average Bonchev–Trinajstić information content (AvgIpc) is 3.19. The first-order chi connectivity index (χ1) is 13.3. The largest absolute Gasteiger partial charge is 0.497 e. The number of hydrogen-bond donors (Lipinski definition) is 0. The zero-order valence-electron chi connectivity index (χ0n) is 15.0. The van der Waals surface area contributed by atoms with Crippen molar-refractivity contribution in [3.05, 3.63) is 91.1 Å². The lowest BCUT2D eigenvalue weighted by atomic mass is 10.0. The first kappa shape index (κ1) is 15.6. The van der Waals surface area contributed by atoms with Crippen molar-refractivity contribution in [1.29, 1.82) is 0 Å². The molecular formula is C24H18N2O. The van der Waals surface area contributed by atoms with E-state index in [4.69, 9.17) is 9.84 Å². The maximum absolute atomic E-state index is 5.30. The summed E-state index contributed by atoms with van der Waals surface area (Å²) >= 11 is 0. The van der Waals surface area contributed by atoms with E-state index in [1.807, 2.05) is 28.9 Å². The Kier molecular flexibility index (Phi) is 3.65. The minimum absolute atomic E-state index is 0.848. The minimum Gasteiger partial charge on any atom is -0.497 e. The van der Waals surface area contributed by atoms with Crippen LogP contribution in [0.3, 0.4) is 0 Å². The molecule has 0 aliphatic heterocycles. The smallest absolute Gasteiger partial charge is 0.118 e. The Morgan fingerprint density at radius 2 is 1.52 bits per heavy atom. The number of fused-ring (bicyclic) bond motifs is 3. The summed E-state index contributed by atoms with van der Waals surface area (Å²) in [5.41, 5.74) is 5.61. The number of pyridine rings is 1. The normalized spacial score (nSPS) is 11.1. The molecule has 0 N–H and O–H groups in total. The van der Waals surface area contributed by atoms with E-state index in [9.17, 15) is 0 Å². The third-order valence-corrected chi connectivity index (χ3v) is 4.98. The van der Waals surface area contributed by atoms with Gasteiger partial charge in [0.1, 0.15) is 5.75 Å². The van der Waals surface area contributed by atoms with E-state index in [1.54, 1.807) is 7.11 Å². The predicted octanol–water partition coefficient (Wildman–Crippen LogP) is 5.83. The summed E-state index contributed by atoms with van der Waals surface area (Å²) in [6.45, 7) is 0. The monoisotopic (exact) mass is 350 g/mol. The summed E-state index contributed by atoms with van der Waals surface area (Å²) in [5, 5.41) is 7.15. The van der Waals surface area contributed by atoms with E-state index in [2.05, 4.69) is 66.7 Å². The number of nitrogens with zero attached hydrogens (tertiary/aromatic N) is 2. The standard InChI is InChI=1S/C24H18N2O/c1-27-20-13-11-18(12-14-20)23-15-19-9-5-6-10-21(19)24-22(16-25-26(23)24)17-7-3-2-4-8-17/h2-16H,1H3. The molecule has 2 heterocycles. The second-order valence-electron chi connectivity index (χ2n) is 6.53. The van der Waals surface area contributed by atoms with E-state index >= 15 is 0 Å². The van der Waals surface area contributed by atoms with Gasteiger partial charge in [0.15, 0.2) is 0 Å². The topological polar surface area (TPSA) is 26.5 Å². The highest BCUT2D eigenvalue weighted by atomic mass is 16.5. The number of hydrogen-bond acceptors (Lipinski definition) is 2. The van der Waals surface area contributed by atoms with Gasteiger partial charge >= 0.3 is 0 Å². The van der Waals surface area contributed by atoms with Gasteiger partial charge in [-0.3, -0.25) is 0 Å². The fourth-order valence-corrected chi connectivity index (χ4v) is 3.63. The quantitative estimate of drug-likeness (QED) is 0.409. The molecule has 5 rings (SSSR count). The fraction of sp³-hybridized carbons (Fsp3) is 0.0417. The lowest BCUT2D eigenvalue weighted by Crippen LogP contribution is -1.95. The van der Waals surface area contributed by atoms with Crippen molar-refractivity contribution in [1.82, 2.24) is 9.61 Å². The van der Waals surface area contributed by atoms with Crippen LogP contribution in [0.25, 0.3) is 38.7 Å². The Bertz CT molecular complexity index is 1240. The lowest BCUT2D eigenvalue weighted by molar-refractivity contribution is 0.415. The number of benzene rings is 3. The second-order valence-corrected chi connectivity index (χ2v) is 6.53. The molecule has 0 spiro atoms. The Labute approximate surface area is 157 Å². The van der Waals surface area contributed by atoms with E-state index in [0.717, 1.165) is 28.1 Å². The minimum atomic E-state index is 0.848. The van der Waals surface area contributed by atoms with Crippen LogP contribution in [-0.2, 0) is 0 Å². The van der Waals surface area contributed by atoms with Crippen LogP contribution in [0.4, 0.5) is 0 Å². The molecule has 0 unspecified atom stereocenters. The molecule has 130 valence electrons. The molecule has 0 atom stereocenters. The molecule has 3 aromatic carbocycles. The zero-order valence-corrected chi connectivity index (χ0v) is 15.0. The SMILES string of the molecule is COc1ccc(-c2cc3ccccc3c3c(-c4ccccc4)cnn23)cc1. The van der Waals surface area contributed by atoms with Gasteiger partial charge in [-0.2, -0.15) is 5.10 Å².